The molecule has 0 saturated carbocycles. The molecule has 19 heavy (non-hydrogen) atoms. The smallest absolute Gasteiger partial charge is 0.224 e. The third-order valence-electron chi connectivity index (χ3n) is 3.23. The van der Waals surface area contributed by atoms with Crippen LogP contribution in [0.25, 0.3) is 0 Å². The van der Waals surface area contributed by atoms with Crippen LogP contribution in [0.3, 0.4) is 0 Å². The molecule has 0 spiro atoms. The van der Waals surface area contributed by atoms with Crippen LogP contribution in [0.1, 0.15) is 12.0 Å². The predicted octanol–water partition coefficient (Wildman–Crippen LogP) is 0.772. The third kappa shape index (κ3) is 3.68. The van der Waals surface area contributed by atoms with E-state index in [0.29, 0.717) is 18.0 Å². The van der Waals surface area contributed by atoms with E-state index in [1.807, 2.05) is 12.1 Å². The first-order valence-electron chi connectivity index (χ1n) is 5.90. The number of carbonyl (C=O) groups excluding carboxylic acids is 1. The maximum Gasteiger partial charge on any atom is 0.224 e. The Bertz CT molecular complexity index is 571. The number of benzene rings is 1. The summed E-state index contributed by atoms with van der Waals surface area (Å²) in [5.74, 6) is -0.159. The first kappa shape index (κ1) is 14.3. The molecule has 1 unspecified atom stereocenters. The zero-order valence-electron chi connectivity index (χ0n) is 10.3. The van der Waals surface area contributed by atoms with E-state index in [9.17, 15) is 13.2 Å². The Hall–Kier alpha value is -1.11. The summed E-state index contributed by atoms with van der Waals surface area (Å²) in [7, 11) is -3.64. The maximum atomic E-state index is 11.7. The number of likely N-dealkylation sites (tertiary alicyclic amines) is 1. The van der Waals surface area contributed by atoms with Gasteiger partial charge in [0.05, 0.1) is 0 Å². The van der Waals surface area contributed by atoms with Gasteiger partial charge < -0.3 is 4.90 Å². The Labute approximate surface area is 117 Å². The normalized spacial score (nSPS) is 20.0. The molecule has 1 atom stereocenters. The van der Waals surface area contributed by atoms with E-state index in [4.69, 9.17) is 16.7 Å². The number of amides is 1. The molecule has 1 aromatic rings. The number of nitrogens with zero attached hydrogens (tertiary/aromatic N) is 1. The molecule has 1 aliphatic rings. The van der Waals surface area contributed by atoms with E-state index in [-0.39, 0.29) is 18.9 Å². The Morgan fingerprint density at radius 1 is 1.32 bits per heavy atom. The summed E-state index contributed by atoms with van der Waals surface area (Å²) in [6.07, 6.45) is 0.652. The highest BCUT2D eigenvalue weighted by atomic mass is 35.5. The Balaban J connectivity index is 1.94. The molecule has 1 aromatic carbocycles. The molecule has 0 bridgehead atoms. The minimum absolute atomic E-state index is 0.0144. The van der Waals surface area contributed by atoms with Gasteiger partial charge in [-0.1, -0.05) is 23.7 Å². The van der Waals surface area contributed by atoms with E-state index >= 15 is 0 Å². The molecular weight excluding hydrogens is 288 g/mol. The minimum atomic E-state index is -3.64. The lowest BCUT2D eigenvalue weighted by atomic mass is 10.1. The number of hydrogen-bond donors (Lipinski definition) is 1. The summed E-state index contributed by atoms with van der Waals surface area (Å²) in [4.78, 5) is 13.2. The lowest BCUT2D eigenvalue weighted by Crippen LogP contribution is -2.33. The Morgan fingerprint density at radius 3 is 2.47 bits per heavy atom. The average molecular weight is 303 g/mol. The van der Waals surface area contributed by atoms with Gasteiger partial charge in [-0.15, -0.1) is 0 Å². The van der Waals surface area contributed by atoms with Crippen LogP contribution in [-0.4, -0.2) is 37.6 Å². The average Bonchev–Trinajstić information content (AvgIpc) is 2.70. The van der Waals surface area contributed by atoms with Gasteiger partial charge in [-0.2, -0.15) is 0 Å². The van der Waals surface area contributed by atoms with Gasteiger partial charge in [0.15, 0.2) is 0 Å². The van der Waals surface area contributed by atoms with Crippen molar-refractivity contribution >= 4 is 27.5 Å². The molecule has 0 aromatic heterocycles. The van der Waals surface area contributed by atoms with Gasteiger partial charge in [0, 0.05) is 24.5 Å². The van der Waals surface area contributed by atoms with Crippen LogP contribution in [0.15, 0.2) is 24.3 Å². The second-order valence-corrected chi connectivity index (χ2v) is 6.91. The highest BCUT2D eigenvalue weighted by Crippen LogP contribution is 2.17. The third-order valence-corrected chi connectivity index (χ3v) is 4.72. The van der Waals surface area contributed by atoms with E-state index in [2.05, 4.69) is 0 Å². The van der Waals surface area contributed by atoms with Gasteiger partial charge in [-0.3, -0.25) is 4.79 Å². The number of primary sulfonamides is 1. The molecule has 0 radical (unpaired) electrons. The molecule has 5 nitrogen and oxygen atoms in total. The van der Waals surface area contributed by atoms with Crippen LogP contribution >= 0.6 is 11.6 Å². The van der Waals surface area contributed by atoms with Crippen molar-refractivity contribution in [2.45, 2.75) is 18.1 Å². The molecule has 2 rings (SSSR count). The molecule has 1 fully saturated rings. The number of halogens is 1. The minimum Gasteiger partial charge on any atom is -0.341 e. The van der Waals surface area contributed by atoms with Crippen LogP contribution in [0, 0.1) is 0 Å². The Kier molecular flexibility index (Phi) is 4.13. The fourth-order valence-electron chi connectivity index (χ4n) is 2.09. The van der Waals surface area contributed by atoms with Crippen LogP contribution in [0.2, 0.25) is 5.02 Å². The molecule has 1 aliphatic heterocycles. The molecule has 2 N–H and O–H groups in total. The Morgan fingerprint density at radius 2 is 1.95 bits per heavy atom. The van der Waals surface area contributed by atoms with E-state index in [1.165, 1.54) is 0 Å². The second-order valence-electron chi connectivity index (χ2n) is 4.63. The lowest BCUT2D eigenvalue weighted by molar-refractivity contribution is -0.127. The molecule has 1 heterocycles. The summed E-state index contributed by atoms with van der Waals surface area (Å²) in [6.45, 7) is 0.678. The van der Waals surface area contributed by atoms with Gasteiger partial charge in [0.25, 0.3) is 0 Å². The van der Waals surface area contributed by atoms with Gasteiger partial charge in [-0.05, 0) is 24.1 Å². The zero-order chi connectivity index (χ0) is 14.0. The lowest BCUT2D eigenvalue weighted by Gasteiger charge is -2.16. The van der Waals surface area contributed by atoms with Gasteiger partial charge >= 0.3 is 0 Å². The van der Waals surface area contributed by atoms with E-state index in [0.717, 1.165) is 5.56 Å². The van der Waals surface area contributed by atoms with Crippen molar-refractivity contribution in [3.63, 3.8) is 0 Å². The fraction of sp³-hybridized carbons (Fsp3) is 0.417. The summed E-state index contributed by atoms with van der Waals surface area (Å²) in [5, 5.41) is 4.96. The standard InChI is InChI=1S/C12H15ClN2O3S/c13-10-3-1-9(2-4-10)5-6-15-8-11(7-12(15)16)19(14,17)18/h1-4,11H,5-8H2,(H2,14,17,18). The summed E-state index contributed by atoms with van der Waals surface area (Å²) in [6, 6.07) is 7.35. The van der Waals surface area contributed by atoms with Crippen molar-refractivity contribution in [1.29, 1.82) is 0 Å². The topological polar surface area (TPSA) is 80.5 Å². The van der Waals surface area contributed by atoms with Gasteiger partial charge in [0.1, 0.15) is 5.25 Å². The molecular formula is C12H15ClN2O3S. The van der Waals surface area contributed by atoms with Crippen molar-refractivity contribution in [2.75, 3.05) is 13.1 Å². The summed E-state index contributed by atoms with van der Waals surface area (Å²) < 4.78 is 22.4. The second kappa shape index (κ2) is 5.48. The number of nitrogens with two attached hydrogens (primary N) is 1. The highest BCUT2D eigenvalue weighted by molar-refractivity contribution is 7.89. The SMILES string of the molecule is NS(=O)(=O)C1CC(=O)N(CCc2ccc(Cl)cc2)C1. The molecule has 7 heteroatoms. The quantitative estimate of drug-likeness (QED) is 0.892. The van der Waals surface area contributed by atoms with Crippen LogP contribution in [-0.2, 0) is 21.2 Å². The number of sulfonamides is 1. The molecule has 1 amide bonds. The van der Waals surface area contributed by atoms with Crippen LogP contribution in [0.4, 0.5) is 0 Å². The predicted molar refractivity (Wildman–Crippen MR) is 73.2 cm³/mol. The first-order chi connectivity index (χ1) is 8.86. The largest absolute Gasteiger partial charge is 0.341 e. The van der Waals surface area contributed by atoms with Crippen molar-refractivity contribution in [3.8, 4) is 0 Å². The van der Waals surface area contributed by atoms with Crippen molar-refractivity contribution < 1.29 is 13.2 Å². The molecule has 104 valence electrons. The van der Waals surface area contributed by atoms with E-state index in [1.54, 1.807) is 17.0 Å². The highest BCUT2D eigenvalue weighted by Gasteiger charge is 2.35. The number of rotatable bonds is 4. The van der Waals surface area contributed by atoms with Crippen LogP contribution in [0.5, 0.6) is 0 Å². The summed E-state index contributed by atoms with van der Waals surface area (Å²) >= 11 is 5.79. The van der Waals surface area contributed by atoms with Crippen LogP contribution < -0.4 is 5.14 Å². The van der Waals surface area contributed by atoms with Crippen molar-refractivity contribution in [2.24, 2.45) is 5.14 Å². The zero-order valence-corrected chi connectivity index (χ0v) is 11.8. The molecule has 0 aliphatic carbocycles. The van der Waals surface area contributed by atoms with Gasteiger partial charge in [-0.25, -0.2) is 13.6 Å². The first-order valence-corrected chi connectivity index (χ1v) is 7.89. The van der Waals surface area contributed by atoms with Gasteiger partial charge in [0.2, 0.25) is 15.9 Å². The monoisotopic (exact) mass is 302 g/mol. The summed E-state index contributed by atoms with van der Waals surface area (Å²) in [5.41, 5.74) is 1.05. The number of hydrogen-bond acceptors (Lipinski definition) is 3. The maximum absolute atomic E-state index is 11.7. The number of carbonyl (C=O) groups is 1. The fourth-order valence-corrected chi connectivity index (χ4v) is 2.98. The van der Waals surface area contributed by atoms with E-state index < -0.39 is 15.3 Å². The van der Waals surface area contributed by atoms with Crippen molar-refractivity contribution in [3.05, 3.63) is 34.9 Å². The molecule has 1 saturated heterocycles. The van der Waals surface area contributed by atoms with Crippen molar-refractivity contribution in [1.82, 2.24) is 4.90 Å².